The summed E-state index contributed by atoms with van der Waals surface area (Å²) in [5.74, 6) is -0.843. The molecule has 0 saturated carbocycles. The van der Waals surface area contributed by atoms with Crippen molar-refractivity contribution in [2.24, 2.45) is 0 Å². The number of aromatic carboxylic acids is 1. The second kappa shape index (κ2) is 13.5. The quantitative estimate of drug-likeness (QED) is 0.254. The van der Waals surface area contributed by atoms with Gasteiger partial charge >= 0.3 is 5.97 Å². The number of hydrogen-bond acceptors (Lipinski definition) is 6. The molecule has 4 aromatic heterocycles. The number of hydrogen-bond donors (Lipinski definition) is 2. The molecule has 0 aliphatic rings. The summed E-state index contributed by atoms with van der Waals surface area (Å²) in [6.45, 7) is 13.8. The van der Waals surface area contributed by atoms with Crippen LogP contribution >= 0.6 is 15.9 Å². The van der Waals surface area contributed by atoms with Crippen LogP contribution in [-0.2, 0) is 19.6 Å². The zero-order chi connectivity index (χ0) is 26.8. The second-order valence-electron chi connectivity index (χ2n) is 7.79. The van der Waals surface area contributed by atoms with Crippen molar-refractivity contribution in [2.45, 2.75) is 61.2 Å². The van der Waals surface area contributed by atoms with E-state index in [1.54, 1.807) is 24.0 Å². The zero-order valence-electron chi connectivity index (χ0n) is 21.5. The first-order valence-corrected chi connectivity index (χ1v) is 12.7. The van der Waals surface area contributed by atoms with Gasteiger partial charge in [-0.25, -0.2) is 9.78 Å². The highest BCUT2D eigenvalue weighted by Crippen LogP contribution is 2.16. The van der Waals surface area contributed by atoms with Crippen LogP contribution in [0, 0.1) is 20.8 Å². The predicted molar refractivity (Wildman–Crippen MR) is 141 cm³/mol. The van der Waals surface area contributed by atoms with Crippen molar-refractivity contribution in [1.82, 2.24) is 39.3 Å². The molecule has 194 valence electrons. The number of ketones is 1. The van der Waals surface area contributed by atoms with Gasteiger partial charge in [-0.2, -0.15) is 15.3 Å². The van der Waals surface area contributed by atoms with Crippen LogP contribution in [0.25, 0.3) is 11.4 Å². The van der Waals surface area contributed by atoms with E-state index >= 15 is 0 Å². The molecule has 0 unspecified atom stereocenters. The number of imidazole rings is 1. The largest absolute Gasteiger partial charge is 0.477 e. The van der Waals surface area contributed by atoms with E-state index in [2.05, 4.69) is 54.2 Å². The van der Waals surface area contributed by atoms with Crippen molar-refractivity contribution in [3.63, 3.8) is 0 Å². The van der Waals surface area contributed by atoms with E-state index < -0.39 is 5.97 Å². The Morgan fingerprint density at radius 3 is 1.81 bits per heavy atom. The average molecular weight is 561 g/mol. The fourth-order valence-electron chi connectivity index (χ4n) is 3.44. The van der Waals surface area contributed by atoms with Crippen molar-refractivity contribution in [2.75, 3.05) is 5.33 Å². The molecule has 11 nitrogen and oxygen atoms in total. The van der Waals surface area contributed by atoms with E-state index in [0.717, 1.165) is 41.6 Å². The number of nitrogens with one attached hydrogen (secondary N) is 1. The second-order valence-corrected chi connectivity index (χ2v) is 8.35. The van der Waals surface area contributed by atoms with Crippen molar-refractivity contribution in [3.8, 4) is 11.4 Å². The van der Waals surface area contributed by atoms with Gasteiger partial charge in [-0.15, -0.1) is 0 Å². The molecular formula is C24H33BrN8O3. The van der Waals surface area contributed by atoms with Gasteiger partial charge in [-0.1, -0.05) is 15.9 Å². The highest BCUT2D eigenvalue weighted by Gasteiger charge is 2.11. The van der Waals surface area contributed by atoms with Gasteiger partial charge in [0.2, 0.25) is 0 Å². The average Bonchev–Trinajstić information content (AvgIpc) is 3.65. The van der Waals surface area contributed by atoms with Crippen LogP contribution in [0.15, 0.2) is 30.7 Å². The highest BCUT2D eigenvalue weighted by molar-refractivity contribution is 9.09. The number of nitrogens with zero attached hydrogens (tertiary/aromatic N) is 7. The lowest BCUT2D eigenvalue weighted by Crippen LogP contribution is -2.09. The summed E-state index contributed by atoms with van der Waals surface area (Å²) in [5.41, 5.74) is 5.72. The lowest BCUT2D eigenvalue weighted by molar-refractivity contribution is 0.0683. The maximum absolute atomic E-state index is 11.3. The molecule has 36 heavy (non-hydrogen) atoms. The van der Waals surface area contributed by atoms with Gasteiger partial charge in [0.25, 0.3) is 0 Å². The molecule has 4 aromatic rings. The Balaban J connectivity index is 0.000000191. The number of carboxylic acid groups (broad SMARTS) is 1. The summed E-state index contributed by atoms with van der Waals surface area (Å²) < 4.78 is 5.15. The Bertz CT molecular complexity index is 1270. The van der Waals surface area contributed by atoms with E-state index in [1.807, 2.05) is 44.6 Å². The minimum absolute atomic E-state index is 0.0810. The van der Waals surface area contributed by atoms with Crippen LogP contribution in [0.3, 0.4) is 0 Å². The summed E-state index contributed by atoms with van der Waals surface area (Å²) >= 11 is 3.13. The molecule has 0 radical (unpaired) electrons. The van der Waals surface area contributed by atoms with E-state index in [0.29, 0.717) is 17.6 Å². The number of carboxylic acids is 1. The lowest BCUT2D eigenvalue weighted by atomic mass is 10.3. The number of alkyl halides is 1. The Morgan fingerprint density at radius 2 is 1.36 bits per heavy atom. The van der Waals surface area contributed by atoms with E-state index in [4.69, 9.17) is 5.11 Å². The maximum Gasteiger partial charge on any atom is 0.354 e. The number of halogens is 1. The van der Waals surface area contributed by atoms with Gasteiger partial charge in [0.1, 0.15) is 11.4 Å². The molecule has 0 saturated heterocycles. The molecule has 0 atom stereocenters. The van der Waals surface area contributed by atoms with Gasteiger partial charge in [0.05, 0.1) is 46.3 Å². The first-order valence-electron chi connectivity index (χ1n) is 11.6. The predicted octanol–water partition coefficient (Wildman–Crippen LogP) is 4.30. The Labute approximate surface area is 218 Å². The summed E-state index contributed by atoms with van der Waals surface area (Å²) in [6.07, 6.45) is 3.49. The van der Waals surface area contributed by atoms with E-state index in [9.17, 15) is 9.59 Å². The minimum Gasteiger partial charge on any atom is -0.477 e. The number of aromatic nitrogens is 8. The normalized spacial score (nSPS) is 10.3. The molecule has 0 bridgehead atoms. The summed E-state index contributed by atoms with van der Waals surface area (Å²) in [7, 11) is 0. The fourth-order valence-corrected chi connectivity index (χ4v) is 3.72. The number of aromatic amines is 1. The van der Waals surface area contributed by atoms with Crippen molar-refractivity contribution < 1.29 is 14.7 Å². The monoisotopic (exact) mass is 560 g/mol. The van der Waals surface area contributed by atoms with Crippen LogP contribution in [0.2, 0.25) is 0 Å². The van der Waals surface area contributed by atoms with Gasteiger partial charge in [-0.3, -0.25) is 18.8 Å². The third-order valence-electron chi connectivity index (χ3n) is 5.01. The number of carbonyl (C=O) groups is 2. The number of rotatable bonds is 7. The van der Waals surface area contributed by atoms with Crippen molar-refractivity contribution in [1.29, 1.82) is 0 Å². The molecule has 0 aromatic carbocycles. The number of aryl methyl sites for hydroxylation is 6. The van der Waals surface area contributed by atoms with Crippen LogP contribution in [0.1, 0.15) is 58.8 Å². The van der Waals surface area contributed by atoms with E-state index in [-0.39, 0.29) is 11.5 Å². The smallest absolute Gasteiger partial charge is 0.354 e. The van der Waals surface area contributed by atoms with Crippen LogP contribution < -0.4 is 0 Å². The number of H-pyrrole nitrogens is 1. The Kier molecular flexibility index (Phi) is 10.8. The molecule has 4 heterocycles. The third-order valence-corrected chi connectivity index (χ3v) is 5.51. The van der Waals surface area contributed by atoms with Gasteiger partial charge in [0, 0.05) is 19.6 Å². The van der Waals surface area contributed by atoms with Crippen LogP contribution in [0.4, 0.5) is 0 Å². The number of carbonyl (C=O) groups excluding carboxylic acids is 1. The zero-order valence-corrected chi connectivity index (χ0v) is 23.1. The minimum atomic E-state index is -0.924. The molecule has 0 aliphatic carbocycles. The molecule has 2 N–H and O–H groups in total. The number of Topliss-reactive ketones (excluding diaryl/α,β-unsaturated/α-hetero) is 1. The molecule has 0 aliphatic heterocycles. The lowest BCUT2D eigenvalue weighted by Gasteiger charge is -2.00. The van der Waals surface area contributed by atoms with Crippen LogP contribution in [-0.4, -0.2) is 61.5 Å². The topological polar surface area (TPSA) is 137 Å². The molecule has 0 fully saturated rings. The van der Waals surface area contributed by atoms with Gasteiger partial charge in [0.15, 0.2) is 5.78 Å². The summed E-state index contributed by atoms with van der Waals surface area (Å²) in [4.78, 5) is 28.9. The third kappa shape index (κ3) is 7.48. The maximum atomic E-state index is 11.3. The van der Waals surface area contributed by atoms with Gasteiger partial charge in [-0.05, 0) is 59.7 Å². The Morgan fingerprint density at radius 1 is 0.861 bits per heavy atom. The molecule has 4 rings (SSSR count). The molecule has 0 amide bonds. The van der Waals surface area contributed by atoms with Crippen LogP contribution in [0.5, 0.6) is 0 Å². The first-order chi connectivity index (χ1) is 17.1. The summed E-state index contributed by atoms with van der Waals surface area (Å²) in [5, 5.41) is 21.5. The molecule has 12 heteroatoms. The van der Waals surface area contributed by atoms with Gasteiger partial charge < -0.3 is 10.1 Å². The fraction of sp³-hybridized carbons (Fsp3) is 0.417. The molecular weight excluding hydrogens is 528 g/mol. The highest BCUT2D eigenvalue weighted by atomic mass is 79.9. The van der Waals surface area contributed by atoms with E-state index in [1.165, 1.54) is 4.68 Å². The SMILES string of the molecule is CCn1nc(C)cc1-c1cnc[nH]1.CCn1nc(C)cc1C(=O)CBr.CCn1nc(C)cc1C(=O)O. The molecule has 0 spiro atoms. The van der Waals surface area contributed by atoms with Crippen molar-refractivity contribution in [3.05, 3.63) is 59.2 Å². The first kappa shape index (κ1) is 28.7. The standard InChI is InChI=1S/C9H12N4.C8H11BrN2O.C7H10N2O2/c1-3-13-9(4-7(2)12-13)8-5-10-6-11-8;1-3-11-7(8(12)5-9)4-6(2)10-11;1-3-9-6(7(10)11)4-5(2)8-9/h4-6H,3H2,1-2H3,(H,10,11);4H,3,5H2,1-2H3;4H,3H2,1-2H3,(H,10,11). The van der Waals surface area contributed by atoms with Crippen molar-refractivity contribution >= 4 is 27.7 Å². The Hall–Kier alpha value is -3.54. The summed E-state index contributed by atoms with van der Waals surface area (Å²) in [6, 6.07) is 5.43.